The van der Waals surface area contributed by atoms with Crippen molar-refractivity contribution in [3.05, 3.63) is 92.9 Å². The Morgan fingerprint density at radius 3 is 2.62 bits per heavy atom. The van der Waals surface area contributed by atoms with Crippen molar-refractivity contribution in [2.75, 3.05) is 0 Å². The minimum absolute atomic E-state index is 0.0981. The molecule has 0 radical (unpaired) electrons. The van der Waals surface area contributed by atoms with E-state index in [-0.39, 0.29) is 29.5 Å². The van der Waals surface area contributed by atoms with Gasteiger partial charge in [0.1, 0.15) is 12.1 Å². The van der Waals surface area contributed by atoms with Crippen LogP contribution in [0.3, 0.4) is 0 Å². The molecule has 8 heteroatoms. The number of pyridine rings is 1. The summed E-state index contributed by atoms with van der Waals surface area (Å²) in [7, 11) is 0. The van der Waals surface area contributed by atoms with Crippen molar-refractivity contribution >= 4 is 17.5 Å². The summed E-state index contributed by atoms with van der Waals surface area (Å²) in [5, 5.41) is 7.38. The molecule has 0 atom stereocenters. The molecule has 0 aliphatic carbocycles. The first-order valence-corrected chi connectivity index (χ1v) is 10.4. The average Bonchev–Trinajstić information content (AvgIpc) is 3.25. The number of halogens is 1. The van der Waals surface area contributed by atoms with E-state index < -0.39 is 0 Å². The molecule has 1 amide bonds. The van der Waals surface area contributed by atoms with Gasteiger partial charge in [-0.1, -0.05) is 59.2 Å². The third kappa shape index (κ3) is 4.63. The lowest BCUT2D eigenvalue weighted by Gasteiger charge is -2.13. The van der Waals surface area contributed by atoms with Crippen molar-refractivity contribution in [3.63, 3.8) is 0 Å². The van der Waals surface area contributed by atoms with Crippen molar-refractivity contribution in [2.24, 2.45) is 0 Å². The molecule has 0 bridgehead atoms. The molecule has 162 valence electrons. The lowest BCUT2D eigenvalue weighted by Crippen LogP contribution is -2.34. The molecular formula is C24H21ClN4O3. The van der Waals surface area contributed by atoms with E-state index in [1.165, 1.54) is 4.57 Å². The standard InChI is InChI=1S/C24H21ClN4O3/c1-15-11-16(2)29(14-20(30)26-13-17-7-4-3-5-8-17)24(31)21(15)23-27-22(28-32-23)18-9-6-10-19(25)12-18/h3-12H,13-14H2,1-2H3,(H,26,30). The van der Waals surface area contributed by atoms with Crippen molar-refractivity contribution < 1.29 is 9.32 Å². The first-order valence-electron chi connectivity index (χ1n) is 10.0. The van der Waals surface area contributed by atoms with E-state index in [4.69, 9.17) is 16.1 Å². The molecule has 0 unspecified atom stereocenters. The second-order valence-corrected chi connectivity index (χ2v) is 7.87. The first kappa shape index (κ1) is 21.5. The summed E-state index contributed by atoms with van der Waals surface area (Å²) in [4.78, 5) is 30.2. The summed E-state index contributed by atoms with van der Waals surface area (Å²) < 4.78 is 6.80. The first-order chi connectivity index (χ1) is 15.4. The van der Waals surface area contributed by atoms with Gasteiger partial charge in [-0.05, 0) is 43.2 Å². The topological polar surface area (TPSA) is 90.0 Å². The maximum atomic E-state index is 13.3. The number of hydrogen-bond donors (Lipinski definition) is 1. The fourth-order valence-electron chi connectivity index (χ4n) is 3.45. The maximum absolute atomic E-state index is 13.3. The van der Waals surface area contributed by atoms with Crippen LogP contribution in [0.15, 0.2) is 70.0 Å². The van der Waals surface area contributed by atoms with E-state index >= 15 is 0 Å². The van der Waals surface area contributed by atoms with Gasteiger partial charge in [0.05, 0.1) is 0 Å². The molecular weight excluding hydrogens is 428 g/mol. The molecule has 0 saturated heterocycles. The molecule has 4 aromatic rings. The number of aromatic nitrogens is 3. The Kier molecular flexibility index (Phi) is 6.18. The SMILES string of the molecule is Cc1cc(C)n(CC(=O)NCc2ccccc2)c(=O)c1-c1nc(-c2cccc(Cl)c2)no1. The third-order valence-corrected chi connectivity index (χ3v) is 5.30. The van der Waals surface area contributed by atoms with Gasteiger partial charge in [0.25, 0.3) is 11.4 Å². The van der Waals surface area contributed by atoms with Crippen LogP contribution < -0.4 is 10.9 Å². The van der Waals surface area contributed by atoms with Gasteiger partial charge >= 0.3 is 0 Å². The Balaban J connectivity index is 1.60. The Labute approximate surface area is 189 Å². The summed E-state index contributed by atoms with van der Waals surface area (Å²) in [5.41, 5.74) is 2.92. The molecule has 0 fully saturated rings. The van der Waals surface area contributed by atoms with Crippen LogP contribution in [0.5, 0.6) is 0 Å². The number of benzene rings is 2. The molecule has 0 aliphatic heterocycles. The predicted molar refractivity (Wildman–Crippen MR) is 122 cm³/mol. The Morgan fingerprint density at radius 2 is 1.88 bits per heavy atom. The number of nitrogens with one attached hydrogen (secondary N) is 1. The number of amides is 1. The average molecular weight is 449 g/mol. The number of aryl methyl sites for hydroxylation is 2. The van der Waals surface area contributed by atoms with E-state index in [9.17, 15) is 9.59 Å². The van der Waals surface area contributed by atoms with E-state index in [1.54, 1.807) is 38.1 Å². The fraction of sp³-hybridized carbons (Fsp3) is 0.167. The van der Waals surface area contributed by atoms with Crippen molar-refractivity contribution in [1.82, 2.24) is 20.0 Å². The molecule has 2 heterocycles. The number of nitrogens with zero attached hydrogens (tertiary/aromatic N) is 3. The van der Waals surface area contributed by atoms with Crippen LogP contribution in [0.4, 0.5) is 0 Å². The highest BCUT2D eigenvalue weighted by atomic mass is 35.5. The quantitative estimate of drug-likeness (QED) is 0.478. The molecule has 7 nitrogen and oxygen atoms in total. The third-order valence-electron chi connectivity index (χ3n) is 5.06. The molecule has 0 aliphatic rings. The monoisotopic (exact) mass is 448 g/mol. The number of hydrogen-bond acceptors (Lipinski definition) is 5. The largest absolute Gasteiger partial charge is 0.350 e. The number of carbonyl (C=O) groups excluding carboxylic acids is 1. The summed E-state index contributed by atoms with van der Waals surface area (Å²) in [6, 6.07) is 18.5. The summed E-state index contributed by atoms with van der Waals surface area (Å²) in [5.74, 6) is 0.161. The normalized spacial score (nSPS) is 10.8. The predicted octanol–water partition coefficient (Wildman–Crippen LogP) is 4.15. The summed E-state index contributed by atoms with van der Waals surface area (Å²) in [6.45, 7) is 3.86. The van der Waals surface area contributed by atoms with Crippen molar-refractivity contribution in [3.8, 4) is 22.8 Å². The van der Waals surface area contributed by atoms with Gasteiger partial charge in [0.2, 0.25) is 11.7 Å². The maximum Gasteiger partial charge on any atom is 0.264 e. The van der Waals surface area contributed by atoms with Crippen LogP contribution in [0.2, 0.25) is 5.02 Å². The van der Waals surface area contributed by atoms with E-state index in [1.807, 2.05) is 36.4 Å². The molecule has 1 N–H and O–H groups in total. The van der Waals surface area contributed by atoms with Gasteiger partial charge in [-0.15, -0.1) is 0 Å². The van der Waals surface area contributed by atoms with Crippen LogP contribution >= 0.6 is 11.6 Å². The highest BCUT2D eigenvalue weighted by molar-refractivity contribution is 6.30. The van der Waals surface area contributed by atoms with Crippen LogP contribution in [-0.4, -0.2) is 20.6 Å². The summed E-state index contributed by atoms with van der Waals surface area (Å²) >= 11 is 6.04. The Bertz CT molecular complexity index is 1330. The lowest BCUT2D eigenvalue weighted by atomic mass is 10.1. The minimum atomic E-state index is -0.362. The zero-order valence-electron chi connectivity index (χ0n) is 17.6. The Morgan fingerprint density at radius 1 is 1.09 bits per heavy atom. The zero-order valence-corrected chi connectivity index (χ0v) is 18.4. The fourth-order valence-corrected chi connectivity index (χ4v) is 3.64. The van der Waals surface area contributed by atoms with Gasteiger partial charge in [-0.25, -0.2) is 0 Å². The molecule has 2 aromatic heterocycles. The van der Waals surface area contributed by atoms with Gasteiger partial charge in [-0.3, -0.25) is 9.59 Å². The second-order valence-electron chi connectivity index (χ2n) is 7.43. The highest BCUT2D eigenvalue weighted by Crippen LogP contribution is 2.24. The van der Waals surface area contributed by atoms with Crippen LogP contribution in [0.1, 0.15) is 16.8 Å². The van der Waals surface area contributed by atoms with Crippen molar-refractivity contribution in [2.45, 2.75) is 26.9 Å². The molecule has 0 spiro atoms. The van der Waals surface area contributed by atoms with Gasteiger partial charge in [-0.2, -0.15) is 4.98 Å². The van der Waals surface area contributed by atoms with Crippen LogP contribution in [-0.2, 0) is 17.9 Å². The molecule has 0 saturated carbocycles. The number of carbonyl (C=O) groups is 1. The highest BCUT2D eigenvalue weighted by Gasteiger charge is 2.20. The van der Waals surface area contributed by atoms with E-state index in [2.05, 4.69) is 15.5 Å². The van der Waals surface area contributed by atoms with E-state index in [0.717, 1.165) is 5.56 Å². The molecule has 4 rings (SSSR count). The second kappa shape index (κ2) is 9.20. The van der Waals surface area contributed by atoms with Gasteiger partial charge in [0, 0.05) is 22.8 Å². The van der Waals surface area contributed by atoms with Crippen molar-refractivity contribution in [1.29, 1.82) is 0 Å². The van der Waals surface area contributed by atoms with Crippen LogP contribution in [0, 0.1) is 13.8 Å². The smallest absolute Gasteiger partial charge is 0.264 e. The zero-order chi connectivity index (χ0) is 22.7. The minimum Gasteiger partial charge on any atom is -0.350 e. The van der Waals surface area contributed by atoms with Gasteiger partial charge in [0.15, 0.2) is 0 Å². The lowest BCUT2D eigenvalue weighted by molar-refractivity contribution is -0.121. The summed E-state index contributed by atoms with van der Waals surface area (Å²) in [6.07, 6.45) is 0. The van der Waals surface area contributed by atoms with E-state index in [0.29, 0.717) is 34.2 Å². The molecule has 2 aromatic carbocycles. The van der Waals surface area contributed by atoms with Gasteiger partial charge < -0.3 is 14.4 Å². The van der Waals surface area contributed by atoms with Crippen LogP contribution in [0.25, 0.3) is 22.8 Å². The molecule has 32 heavy (non-hydrogen) atoms. The Hall–Kier alpha value is -3.71. The number of rotatable bonds is 6.